The lowest BCUT2D eigenvalue weighted by atomic mass is 10.2. The van der Waals surface area contributed by atoms with Gasteiger partial charge in [-0.15, -0.1) is 0 Å². The van der Waals surface area contributed by atoms with Gasteiger partial charge in [-0.05, 0) is 24.3 Å². The Morgan fingerprint density at radius 3 is 2.76 bits per heavy atom. The van der Waals surface area contributed by atoms with E-state index in [0.29, 0.717) is 11.1 Å². The molecule has 0 N–H and O–H groups in total. The quantitative estimate of drug-likeness (QED) is 0.612. The van der Waals surface area contributed by atoms with Gasteiger partial charge >= 0.3 is 12.6 Å². The Bertz CT molecular complexity index is 874. The zero-order valence-electron chi connectivity index (χ0n) is 13.3. The summed E-state index contributed by atoms with van der Waals surface area (Å²) in [5.74, 6) is -0.633. The Morgan fingerprint density at radius 2 is 2.12 bits per heavy atom. The number of alkyl halides is 2. The fraction of sp³-hybridized carbons (Fsp3) is 0.188. The minimum absolute atomic E-state index is 0.0436. The molecule has 2 heterocycles. The van der Waals surface area contributed by atoms with Gasteiger partial charge in [-0.25, -0.2) is 9.79 Å². The Morgan fingerprint density at radius 1 is 1.32 bits per heavy atom. The van der Waals surface area contributed by atoms with Crippen LogP contribution < -0.4 is 9.47 Å². The molecule has 0 unspecified atom stereocenters. The van der Waals surface area contributed by atoms with Crippen LogP contribution in [0.2, 0.25) is 0 Å². The fourth-order valence-corrected chi connectivity index (χ4v) is 2.20. The summed E-state index contributed by atoms with van der Waals surface area (Å²) < 4.78 is 40.8. The smallest absolute Gasteiger partial charge is 0.387 e. The summed E-state index contributed by atoms with van der Waals surface area (Å²) in [7, 11) is 3.06. The molecule has 7 nitrogen and oxygen atoms in total. The lowest BCUT2D eigenvalue weighted by Crippen LogP contribution is -2.07. The molecule has 0 fully saturated rings. The Balaban J connectivity index is 1.90. The van der Waals surface area contributed by atoms with E-state index in [0.717, 1.165) is 0 Å². The van der Waals surface area contributed by atoms with Crippen molar-refractivity contribution in [1.82, 2.24) is 9.78 Å². The van der Waals surface area contributed by atoms with E-state index in [2.05, 4.69) is 14.8 Å². The normalized spacial score (nSPS) is 15.5. The molecular weight excluding hydrogens is 336 g/mol. The van der Waals surface area contributed by atoms with Crippen molar-refractivity contribution >= 4 is 17.9 Å². The van der Waals surface area contributed by atoms with Crippen molar-refractivity contribution in [3.05, 3.63) is 47.4 Å². The van der Waals surface area contributed by atoms with E-state index in [-0.39, 0.29) is 23.1 Å². The molecular formula is C16H13F2N3O4. The highest BCUT2D eigenvalue weighted by molar-refractivity contribution is 6.13. The summed E-state index contributed by atoms with van der Waals surface area (Å²) >= 11 is 0. The van der Waals surface area contributed by atoms with Crippen molar-refractivity contribution < 1.29 is 27.8 Å². The van der Waals surface area contributed by atoms with Crippen molar-refractivity contribution in [1.29, 1.82) is 0 Å². The van der Waals surface area contributed by atoms with Crippen LogP contribution in [0.4, 0.5) is 8.78 Å². The van der Waals surface area contributed by atoms with Gasteiger partial charge in [0, 0.05) is 24.4 Å². The highest BCUT2D eigenvalue weighted by Crippen LogP contribution is 2.31. The minimum atomic E-state index is -2.98. The van der Waals surface area contributed by atoms with Crippen LogP contribution >= 0.6 is 0 Å². The predicted molar refractivity (Wildman–Crippen MR) is 83.4 cm³/mol. The van der Waals surface area contributed by atoms with E-state index in [4.69, 9.17) is 9.47 Å². The molecule has 0 radical (unpaired) electrons. The van der Waals surface area contributed by atoms with Crippen LogP contribution in [0.25, 0.3) is 6.08 Å². The molecule has 130 valence electrons. The van der Waals surface area contributed by atoms with Gasteiger partial charge in [-0.3, -0.25) is 4.68 Å². The van der Waals surface area contributed by atoms with E-state index >= 15 is 0 Å². The molecule has 0 atom stereocenters. The minimum Gasteiger partial charge on any atom is -0.493 e. The molecule has 1 aromatic carbocycles. The maximum absolute atomic E-state index is 12.4. The van der Waals surface area contributed by atoms with Gasteiger partial charge in [0.25, 0.3) is 0 Å². The SMILES string of the molecule is COc1cc(C2=N/C(=C/c3cnn(C)c3)C(=O)O2)ccc1OC(F)F. The van der Waals surface area contributed by atoms with Gasteiger partial charge < -0.3 is 14.2 Å². The van der Waals surface area contributed by atoms with Crippen LogP contribution in [0, 0.1) is 0 Å². The third-order valence-corrected chi connectivity index (χ3v) is 3.28. The number of nitrogens with zero attached hydrogens (tertiary/aromatic N) is 3. The van der Waals surface area contributed by atoms with Crippen LogP contribution in [-0.2, 0) is 16.6 Å². The second kappa shape index (κ2) is 6.71. The van der Waals surface area contributed by atoms with Crippen molar-refractivity contribution in [2.75, 3.05) is 7.11 Å². The number of cyclic esters (lactones) is 1. The predicted octanol–water partition coefficient (Wildman–Crippen LogP) is 2.37. The maximum atomic E-state index is 12.4. The third kappa shape index (κ3) is 3.65. The topological polar surface area (TPSA) is 74.9 Å². The van der Waals surface area contributed by atoms with Gasteiger partial charge in [0.15, 0.2) is 17.2 Å². The number of aliphatic imine (C=N–C) groups is 1. The standard InChI is InChI=1S/C16H13F2N3O4/c1-21-8-9(7-19-21)5-11-15(22)25-14(20-11)10-3-4-12(24-16(17)18)13(6-10)23-2/h3-8,16H,1-2H3/b11-5+. The molecule has 1 aliphatic rings. The molecule has 9 heteroatoms. The maximum Gasteiger partial charge on any atom is 0.387 e. The average molecular weight is 349 g/mol. The average Bonchev–Trinajstić information content (AvgIpc) is 3.14. The van der Waals surface area contributed by atoms with E-state index in [9.17, 15) is 13.6 Å². The fourth-order valence-electron chi connectivity index (χ4n) is 2.20. The van der Waals surface area contributed by atoms with Gasteiger partial charge in [0.05, 0.1) is 13.3 Å². The van der Waals surface area contributed by atoms with Crippen LogP contribution in [-0.4, -0.2) is 35.4 Å². The first-order valence-corrected chi connectivity index (χ1v) is 7.10. The van der Waals surface area contributed by atoms with Crippen LogP contribution in [0.15, 0.2) is 41.3 Å². The van der Waals surface area contributed by atoms with Crippen molar-refractivity contribution in [3.8, 4) is 11.5 Å². The zero-order valence-corrected chi connectivity index (χ0v) is 13.3. The third-order valence-electron chi connectivity index (χ3n) is 3.28. The number of ether oxygens (including phenoxy) is 3. The van der Waals surface area contributed by atoms with Gasteiger partial charge in [-0.2, -0.15) is 13.9 Å². The van der Waals surface area contributed by atoms with Crippen molar-refractivity contribution in [2.45, 2.75) is 6.61 Å². The van der Waals surface area contributed by atoms with Gasteiger partial charge in [0.1, 0.15) is 0 Å². The van der Waals surface area contributed by atoms with E-state index in [1.54, 1.807) is 24.1 Å². The van der Waals surface area contributed by atoms with Crippen LogP contribution in [0.5, 0.6) is 11.5 Å². The Kier molecular flexibility index (Phi) is 4.46. The zero-order chi connectivity index (χ0) is 18.0. The van der Waals surface area contributed by atoms with Gasteiger partial charge in [-0.1, -0.05) is 0 Å². The number of benzene rings is 1. The lowest BCUT2D eigenvalue weighted by Gasteiger charge is -2.10. The largest absolute Gasteiger partial charge is 0.493 e. The summed E-state index contributed by atoms with van der Waals surface area (Å²) in [6.45, 7) is -2.98. The highest BCUT2D eigenvalue weighted by atomic mass is 19.3. The van der Waals surface area contributed by atoms with Crippen LogP contribution in [0.1, 0.15) is 11.1 Å². The van der Waals surface area contributed by atoms with Crippen molar-refractivity contribution in [2.24, 2.45) is 12.0 Å². The molecule has 0 amide bonds. The highest BCUT2D eigenvalue weighted by Gasteiger charge is 2.25. The number of carbonyl (C=O) groups excluding carboxylic acids is 1. The molecule has 2 aromatic rings. The first-order valence-electron chi connectivity index (χ1n) is 7.10. The van der Waals surface area contributed by atoms with Gasteiger partial charge in [0.2, 0.25) is 5.90 Å². The molecule has 25 heavy (non-hydrogen) atoms. The summed E-state index contributed by atoms with van der Waals surface area (Å²) in [6, 6.07) is 4.13. The number of hydrogen-bond donors (Lipinski definition) is 0. The number of rotatable bonds is 5. The summed E-state index contributed by atoms with van der Waals surface area (Å²) in [5, 5.41) is 4.00. The second-order valence-corrected chi connectivity index (χ2v) is 5.03. The molecule has 1 aliphatic heterocycles. The molecule has 0 spiro atoms. The monoisotopic (exact) mass is 349 g/mol. The molecule has 0 saturated carbocycles. The molecule has 0 bridgehead atoms. The van der Waals surface area contributed by atoms with E-state index in [1.165, 1.54) is 31.4 Å². The number of halogens is 2. The number of hydrogen-bond acceptors (Lipinski definition) is 6. The first kappa shape index (κ1) is 16.6. The molecule has 0 aliphatic carbocycles. The number of carbonyl (C=O) groups is 1. The lowest BCUT2D eigenvalue weighted by molar-refractivity contribution is -0.129. The Labute approximate surface area is 141 Å². The number of esters is 1. The molecule has 0 saturated heterocycles. The summed E-state index contributed by atoms with van der Waals surface area (Å²) in [4.78, 5) is 16.1. The van der Waals surface area contributed by atoms with Crippen LogP contribution in [0.3, 0.4) is 0 Å². The number of methoxy groups -OCH3 is 1. The Hall–Kier alpha value is -3.23. The van der Waals surface area contributed by atoms with E-state index in [1.807, 2.05) is 0 Å². The van der Waals surface area contributed by atoms with E-state index < -0.39 is 12.6 Å². The second-order valence-electron chi connectivity index (χ2n) is 5.03. The number of aromatic nitrogens is 2. The summed E-state index contributed by atoms with van der Waals surface area (Å²) in [5.41, 5.74) is 1.19. The molecule has 3 rings (SSSR count). The van der Waals surface area contributed by atoms with Crippen molar-refractivity contribution in [3.63, 3.8) is 0 Å². The number of aryl methyl sites for hydroxylation is 1. The summed E-state index contributed by atoms with van der Waals surface area (Å²) in [6.07, 6.45) is 4.83. The first-order chi connectivity index (χ1) is 12.0. The molecule has 1 aromatic heterocycles.